The fourth-order valence-electron chi connectivity index (χ4n) is 6.38. The summed E-state index contributed by atoms with van der Waals surface area (Å²) in [5.41, 5.74) is 0.314. The number of carbonyl (C=O) groups is 2. The van der Waals surface area contributed by atoms with Crippen LogP contribution in [0.4, 0.5) is 4.79 Å². The maximum absolute atomic E-state index is 13.4. The average molecular weight is 461 g/mol. The molecule has 0 aromatic carbocycles. The number of ether oxygens (including phenoxy) is 1. The largest absolute Gasteiger partial charge is 0.453 e. The van der Waals surface area contributed by atoms with Crippen LogP contribution in [0.5, 0.6) is 0 Å². The standard InChI is InChI=1S/C24H36N4O5/c1-14(2)20-18(13-25-28(20)7-6-23(3,4)27-22(30)32-5)21(29)26-19-16-8-15-9-17(19)12-24(10-15,11-16)33-31/h6-7,13-17,19,31H,8-12H2,1-5H3,(H,26,29)(H,27,30)/b7-6+/t15?,16?,17?,19-,24-. The van der Waals surface area contributed by atoms with Gasteiger partial charge in [-0.3, -0.25) is 10.1 Å². The molecule has 182 valence electrons. The predicted molar refractivity (Wildman–Crippen MR) is 123 cm³/mol. The van der Waals surface area contributed by atoms with Gasteiger partial charge in [0.05, 0.1) is 30.1 Å². The molecule has 1 aromatic heterocycles. The van der Waals surface area contributed by atoms with Crippen molar-refractivity contribution in [3.8, 4) is 0 Å². The highest BCUT2D eigenvalue weighted by molar-refractivity contribution is 5.95. The minimum Gasteiger partial charge on any atom is -0.453 e. The van der Waals surface area contributed by atoms with Crippen molar-refractivity contribution in [2.24, 2.45) is 17.8 Å². The molecule has 0 radical (unpaired) electrons. The highest BCUT2D eigenvalue weighted by Crippen LogP contribution is 2.57. The van der Waals surface area contributed by atoms with Gasteiger partial charge in [0.15, 0.2) is 0 Å². The molecule has 4 aliphatic rings. The van der Waals surface area contributed by atoms with Gasteiger partial charge in [-0.1, -0.05) is 13.8 Å². The van der Waals surface area contributed by atoms with Crippen molar-refractivity contribution in [1.82, 2.24) is 20.4 Å². The van der Waals surface area contributed by atoms with Crippen LogP contribution in [0.15, 0.2) is 12.3 Å². The summed E-state index contributed by atoms with van der Waals surface area (Å²) in [4.78, 5) is 29.9. The van der Waals surface area contributed by atoms with Crippen molar-refractivity contribution in [3.05, 3.63) is 23.5 Å². The summed E-state index contributed by atoms with van der Waals surface area (Å²) in [5.74, 6) is 1.19. The van der Waals surface area contributed by atoms with E-state index >= 15 is 0 Å². The SMILES string of the molecule is COC(=O)NC(C)(C)/C=C/n1ncc(C(=O)N[C@H]2C3CC4CC2C[C@](OO)(C4)C3)c1C(C)C. The number of aromatic nitrogens is 2. The Morgan fingerprint density at radius 1 is 1.27 bits per heavy atom. The Morgan fingerprint density at radius 2 is 1.94 bits per heavy atom. The van der Waals surface area contributed by atoms with Crippen LogP contribution < -0.4 is 10.6 Å². The molecule has 9 nitrogen and oxygen atoms in total. The van der Waals surface area contributed by atoms with Crippen molar-refractivity contribution < 1.29 is 24.5 Å². The molecule has 0 saturated heterocycles. The van der Waals surface area contributed by atoms with Gasteiger partial charge in [-0.15, -0.1) is 0 Å². The van der Waals surface area contributed by atoms with Gasteiger partial charge in [0, 0.05) is 12.2 Å². The molecule has 1 aromatic rings. The molecule has 33 heavy (non-hydrogen) atoms. The van der Waals surface area contributed by atoms with E-state index < -0.39 is 17.2 Å². The van der Waals surface area contributed by atoms with Gasteiger partial charge in [0.2, 0.25) is 0 Å². The molecule has 3 N–H and O–H groups in total. The summed E-state index contributed by atoms with van der Waals surface area (Å²) < 4.78 is 6.38. The third-order valence-electron chi connectivity index (χ3n) is 7.58. The highest BCUT2D eigenvalue weighted by Gasteiger charge is 2.57. The van der Waals surface area contributed by atoms with E-state index in [1.807, 2.05) is 33.8 Å². The van der Waals surface area contributed by atoms with Crippen LogP contribution in [0.2, 0.25) is 0 Å². The van der Waals surface area contributed by atoms with Crippen molar-refractivity contribution in [3.63, 3.8) is 0 Å². The lowest BCUT2D eigenvalue weighted by molar-refractivity contribution is -0.357. The highest BCUT2D eigenvalue weighted by atomic mass is 17.1. The van der Waals surface area contributed by atoms with Crippen molar-refractivity contribution >= 4 is 18.2 Å². The number of amides is 2. The predicted octanol–water partition coefficient (Wildman–Crippen LogP) is 3.78. The second kappa shape index (κ2) is 8.76. The molecule has 0 spiro atoms. The Hall–Kier alpha value is -2.39. The van der Waals surface area contributed by atoms with Gasteiger partial charge in [0.25, 0.3) is 5.91 Å². The Morgan fingerprint density at radius 3 is 2.52 bits per heavy atom. The van der Waals surface area contributed by atoms with Crippen molar-refractivity contribution in [2.45, 2.75) is 82.9 Å². The summed E-state index contributed by atoms with van der Waals surface area (Å²) in [6.07, 6.45) is 9.36. The van der Waals surface area contributed by atoms with Crippen LogP contribution in [0.3, 0.4) is 0 Å². The molecule has 9 heteroatoms. The van der Waals surface area contributed by atoms with Gasteiger partial charge >= 0.3 is 6.09 Å². The van der Waals surface area contributed by atoms with E-state index in [1.165, 1.54) is 7.11 Å². The first-order chi connectivity index (χ1) is 15.6. The molecule has 4 fully saturated rings. The van der Waals surface area contributed by atoms with E-state index in [9.17, 15) is 14.8 Å². The number of rotatable bonds is 7. The molecule has 5 rings (SSSR count). The summed E-state index contributed by atoms with van der Waals surface area (Å²) in [6.45, 7) is 7.76. The van der Waals surface area contributed by atoms with Gasteiger partial charge in [0.1, 0.15) is 5.60 Å². The Labute approximate surface area is 194 Å². The number of hydrogen-bond acceptors (Lipinski definition) is 6. The summed E-state index contributed by atoms with van der Waals surface area (Å²) in [5, 5.41) is 20.0. The molecule has 1 heterocycles. The first-order valence-corrected chi connectivity index (χ1v) is 11.8. The molecule has 2 unspecified atom stereocenters. The molecule has 2 atom stereocenters. The number of alkyl carbamates (subject to hydrolysis) is 1. The normalized spacial score (nSPS) is 30.8. The van der Waals surface area contributed by atoms with Crippen LogP contribution >= 0.6 is 0 Å². The quantitative estimate of drug-likeness (QED) is 0.421. The minimum atomic E-state index is -0.652. The van der Waals surface area contributed by atoms with Gasteiger partial charge in [-0.2, -0.15) is 5.10 Å². The second-order valence-corrected chi connectivity index (χ2v) is 10.9. The number of nitrogens with zero attached hydrogens (tertiary/aromatic N) is 2. The van der Waals surface area contributed by atoms with Crippen LogP contribution in [0, 0.1) is 17.8 Å². The van der Waals surface area contributed by atoms with Gasteiger partial charge in [-0.05, 0) is 75.7 Å². The maximum atomic E-state index is 13.4. The van der Waals surface area contributed by atoms with E-state index in [2.05, 4.69) is 20.5 Å². The minimum absolute atomic E-state index is 0.0686. The number of carbonyl (C=O) groups excluding carboxylic acids is 2. The van der Waals surface area contributed by atoms with Crippen LogP contribution in [-0.4, -0.2) is 51.3 Å². The molecule has 0 aliphatic heterocycles. The van der Waals surface area contributed by atoms with E-state index in [-0.39, 0.29) is 17.9 Å². The lowest BCUT2D eigenvalue weighted by Crippen LogP contribution is -2.62. The van der Waals surface area contributed by atoms with Crippen LogP contribution in [0.25, 0.3) is 6.20 Å². The van der Waals surface area contributed by atoms with Crippen molar-refractivity contribution in [1.29, 1.82) is 0 Å². The molecular weight excluding hydrogens is 424 g/mol. The lowest BCUT2D eigenvalue weighted by Gasteiger charge is -2.58. The molecule has 4 saturated carbocycles. The summed E-state index contributed by atoms with van der Waals surface area (Å²) in [7, 11) is 1.32. The number of nitrogens with one attached hydrogen (secondary N) is 2. The Bertz CT molecular complexity index is 921. The van der Waals surface area contributed by atoms with Gasteiger partial charge in [-0.25, -0.2) is 14.4 Å². The first-order valence-electron chi connectivity index (χ1n) is 11.8. The lowest BCUT2D eigenvalue weighted by atomic mass is 9.52. The van der Waals surface area contributed by atoms with E-state index in [0.717, 1.165) is 37.8 Å². The zero-order valence-corrected chi connectivity index (χ0v) is 20.1. The fourth-order valence-corrected chi connectivity index (χ4v) is 6.38. The Kier molecular flexibility index (Phi) is 6.30. The summed E-state index contributed by atoms with van der Waals surface area (Å²) in [6, 6.07) is 0.0967. The smallest absolute Gasteiger partial charge is 0.407 e. The van der Waals surface area contributed by atoms with Crippen molar-refractivity contribution in [2.75, 3.05) is 7.11 Å². The zero-order valence-electron chi connectivity index (χ0n) is 20.1. The second-order valence-electron chi connectivity index (χ2n) is 10.9. The van der Waals surface area contributed by atoms with Gasteiger partial charge < -0.3 is 15.4 Å². The molecule has 4 bridgehead atoms. The number of hydrogen-bond donors (Lipinski definition) is 3. The molecule has 2 amide bonds. The average Bonchev–Trinajstić information content (AvgIpc) is 3.18. The zero-order chi connectivity index (χ0) is 24.0. The van der Waals surface area contributed by atoms with Crippen LogP contribution in [0.1, 0.15) is 81.8 Å². The monoisotopic (exact) mass is 460 g/mol. The topological polar surface area (TPSA) is 115 Å². The van der Waals surface area contributed by atoms with E-state index in [4.69, 9.17) is 4.89 Å². The number of methoxy groups -OCH3 is 1. The van der Waals surface area contributed by atoms with E-state index in [0.29, 0.717) is 23.3 Å². The third-order valence-corrected chi connectivity index (χ3v) is 7.58. The molecule has 4 aliphatic carbocycles. The summed E-state index contributed by atoms with van der Waals surface area (Å²) >= 11 is 0. The third kappa shape index (κ3) is 4.66. The first kappa shape index (κ1) is 23.8. The molecular formula is C24H36N4O5. The van der Waals surface area contributed by atoms with E-state index in [1.54, 1.807) is 17.1 Å². The fraction of sp³-hybridized carbons (Fsp3) is 0.708. The van der Waals surface area contributed by atoms with Crippen LogP contribution in [-0.2, 0) is 9.62 Å². The maximum Gasteiger partial charge on any atom is 0.407 e. The Balaban J connectivity index is 1.50.